The SMILES string of the molecule is O=c1[nH]c2scc(-c3ccc(-c4ccc(F)cc4)cc3)c2c(O)c1-c1ccccc1. The molecule has 0 unspecified atom stereocenters. The van der Waals surface area contributed by atoms with E-state index in [9.17, 15) is 14.3 Å². The molecule has 0 bridgehead atoms. The lowest BCUT2D eigenvalue weighted by atomic mass is 9.98. The van der Waals surface area contributed by atoms with Gasteiger partial charge >= 0.3 is 0 Å². The Morgan fingerprint density at radius 1 is 0.767 bits per heavy atom. The summed E-state index contributed by atoms with van der Waals surface area (Å²) >= 11 is 1.39. The van der Waals surface area contributed by atoms with Crippen LogP contribution < -0.4 is 5.56 Å². The van der Waals surface area contributed by atoms with Gasteiger partial charge in [-0.05, 0) is 34.4 Å². The highest BCUT2D eigenvalue weighted by atomic mass is 32.1. The van der Waals surface area contributed by atoms with Gasteiger partial charge in [0.15, 0.2) is 0 Å². The molecule has 2 N–H and O–H groups in total. The lowest BCUT2D eigenvalue weighted by molar-refractivity contribution is 0.483. The average molecular weight is 413 g/mol. The van der Waals surface area contributed by atoms with E-state index >= 15 is 0 Å². The minimum absolute atomic E-state index is 0.0150. The summed E-state index contributed by atoms with van der Waals surface area (Å²) in [6.45, 7) is 0. The number of hydrogen-bond donors (Lipinski definition) is 2. The largest absolute Gasteiger partial charge is 0.506 e. The number of rotatable bonds is 3. The van der Waals surface area contributed by atoms with Gasteiger partial charge in [-0.2, -0.15) is 0 Å². The molecular formula is C25H16FNO2S. The summed E-state index contributed by atoms with van der Waals surface area (Å²) < 4.78 is 13.2. The van der Waals surface area contributed by atoms with Gasteiger partial charge < -0.3 is 10.1 Å². The van der Waals surface area contributed by atoms with Crippen molar-refractivity contribution in [1.29, 1.82) is 0 Å². The first-order valence-corrected chi connectivity index (χ1v) is 10.3. The molecule has 0 fully saturated rings. The predicted octanol–water partition coefficient (Wildman–Crippen LogP) is 6.44. The molecule has 0 aliphatic rings. The zero-order valence-corrected chi connectivity index (χ0v) is 16.5. The lowest BCUT2D eigenvalue weighted by Gasteiger charge is -2.08. The number of hydrogen-bond acceptors (Lipinski definition) is 3. The summed E-state index contributed by atoms with van der Waals surface area (Å²) in [5.41, 5.74) is 4.30. The van der Waals surface area contributed by atoms with Crippen LogP contribution in [0.3, 0.4) is 0 Å². The topological polar surface area (TPSA) is 53.1 Å². The standard InChI is InChI=1S/C25H16FNO2S/c26-19-12-10-16(11-13-19)15-6-8-17(9-7-15)20-14-30-25-22(20)23(28)21(24(29)27-25)18-4-2-1-3-5-18/h1-14H,(H2,27,28,29). The first-order chi connectivity index (χ1) is 14.6. The number of thiophene rings is 1. The molecule has 5 rings (SSSR count). The highest BCUT2D eigenvalue weighted by Gasteiger charge is 2.18. The van der Waals surface area contributed by atoms with Crippen molar-refractivity contribution in [1.82, 2.24) is 4.98 Å². The fraction of sp³-hybridized carbons (Fsp3) is 0. The second kappa shape index (κ2) is 7.28. The Morgan fingerprint density at radius 3 is 2.03 bits per heavy atom. The molecule has 0 amide bonds. The number of fused-ring (bicyclic) bond motifs is 1. The summed E-state index contributed by atoms with van der Waals surface area (Å²) in [4.78, 5) is 16.1. The van der Waals surface area contributed by atoms with E-state index in [0.717, 1.165) is 22.3 Å². The maximum absolute atomic E-state index is 13.2. The van der Waals surface area contributed by atoms with Crippen molar-refractivity contribution in [2.45, 2.75) is 0 Å². The highest BCUT2D eigenvalue weighted by Crippen LogP contribution is 2.41. The minimum atomic E-state index is -0.314. The van der Waals surface area contributed by atoms with Gasteiger partial charge in [0.05, 0.1) is 10.9 Å². The van der Waals surface area contributed by atoms with Gasteiger partial charge in [0, 0.05) is 10.9 Å². The Hall–Kier alpha value is -3.70. The Balaban J connectivity index is 1.63. The van der Waals surface area contributed by atoms with E-state index in [1.54, 1.807) is 24.3 Å². The fourth-order valence-corrected chi connectivity index (χ4v) is 4.62. The Bertz CT molecular complexity index is 1400. The molecule has 2 aromatic heterocycles. The molecule has 0 saturated carbocycles. The van der Waals surface area contributed by atoms with Crippen molar-refractivity contribution in [2.75, 3.05) is 0 Å². The summed E-state index contributed by atoms with van der Waals surface area (Å²) in [6, 6.07) is 23.4. The maximum Gasteiger partial charge on any atom is 0.260 e. The van der Waals surface area contributed by atoms with Crippen LogP contribution >= 0.6 is 11.3 Å². The minimum Gasteiger partial charge on any atom is -0.506 e. The molecule has 2 heterocycles. The smallest absolute Gasteiger partial charge is 0.260 e. The van der Waals surface area contributed by atoms with Gasteiger partial charge in [0.2, 0.25) is 0 Å². The third-order valence-corrected chi connectivity index (χ3v) is 6.05. The molecule has 5 heteroatoms. The Labute approximate surface area is 175 Å². The van der Waals surface area contributed by atoms with Crippen LogP contribution in [0.1, 0.15) is 0 Å². The van der Waals surface area contributed by atoms with Crippen molar-refractivity contribution in [2.24, 2.45) is 0 Å². The van der Waals surface area contributed by atoms with Crippen LogP contribution in [0.4, 0.5) is 4.39 Å². The van der Waals surface area contributed by atoms with Crippen LogP contribution in [0.5, 0.6) is 5.75 Å². The molecule has 3 aromatic carbocycles. The number of H-pyrrole nitrogens is 1. The summed E-state index contributed by atoms with van der Waals surface area (Å²) in [6.07, 6.45) is 0. The van der Waals surface area contributed by atoms with Crippen LogP contribution in [-0.2, 0) is 0 Å². The number of nitrogens with one attached hydrogen (secondary N) is 1. The van der Waals surface area contributed by atoms with Gasteiger partial charge in [-0.15, -0.1) is 11.3 Å². The van der Waals surface area contributed by atoms with E-state index in [-0.39, 0.29) is 22.7 Å². The Morgan fingerprint density at radius 2 is 1.37 bits per heavy atom. The number of halogens is 1. The van der Waals surface area contributed by atoms with Crippen molar-refractivity contribution >= 4 is 21.6 Å². The van der Waals surface area contributed by atoms with E-state index in [0.29, 0.717) is 15.8 Å². The molecule has 0 aliphatic heterocycles. The predicted molar refractivity (Wildman–Crippen MR) is 120 cm³/mol. The monoisotopic (exact) mass is 413 g/mol. The Kier molecular flexibility index (Phi) is 4.45. The summed E-state index contributed by atoms with van der Waals surface area (Å²) in [5.74, 6) is -0.280. The zero-order chi connectivity index (χ0) is 20.7. The lowest BCUT2D eigenvalue weighted by Crippen LogP contribution is -2.08. The zero-order valence-electron chi connectivity index (χ0n) is 15.7. The molecule has 0 radical (unpaired) electrons. The van der Waals surface area contributed by atoms with E-state index < -0.39 is 0 Å². The van der Waals surface area contributed by atoms with Gasteiger partial charge in [-0.25, -0.2) is 4.39 Å². The molecule has 30 heavy (non-hydrogen) atoms. The first-order valence-electron chi connectivity index (χ1n) is 9.40. The number of benzene rings is 3. The quantitative estimate of drug-likeness (QED) is 0.358. The van der Waals surface area contributed by atoms with Gasteiger partial charge in [-0.1, -0.05) is 66.7 Å². The van der Waals surface area contributed by atoms with E-state index in [1.165, 1.54) is 23.5 Å². The number of aromatic nitrogens is 1. The molecular weight excluding hydrogens is 397 g/mol. The van der Waals surface area contributed by atoms with Crippen molar-refractivity contribution in [3.63, 3.8) is 0 Å². The number of aromatic amines is 1. The van der Waals surface area contributed by atoms with Crippen molar-refractivity contribution < 1.29 is 9.50 Å². The summed E-state index contributed by atoms with van der Waals surface area (Å²) in [7, 11) is 0. The number of aromatic hydroxyl groups is 1. The summed E-state index contributed by atoms with van der Waals surface area (Å²) in [5, 5.41) is 13.6. The third-order valence-electron chi connectivity index (χ3n) is 5.15. The average Bonchev–Trinajstić information content (AvgIpc) is 3.19. The maximum atomic E-state index is 13.2. The van der Waals surface area contributed by atoms with Crippen molar-refractivity contribution in [3.8, 4) is 39.1 Å². The van der Waals surface area contributed by atoms with Gasteiger partial charge in [0.1, 0.15) is 16.4 Å². The van der Waals surface area contributed by atoms with E-state index in [2.05, 4.69) is 4.98 Å². The van der Waals surface area contributed by atoms with Crippen LogP contribution in [0.2, 0.25) is 0 Å². The molecule has 0 spiro atoms. The molecule has 0 saturated heterocycles. The fourth-order valence-electron chi connectivity index (χ4n) is 3.65. The second-order valence-corrected chi connectivity index (χ2v) is 7.86. The molecule has 0 aliphatic carbocycles. The van der Waals surface area contributed by atoms with E-state index in [1.807, 2.05) is 47.8 Å². The van der Waals surface area contributed by atoms with E-state index in [4.69, 9.17) is 0 Å². The normalized spacial score (nSPS) is 11.1. The van der Waals surface area contributed by atoms with Crippen LogP contribution in [-0.4, -0.2) is 10.1 Å². The van der Waals surface area contributed by atoms with Gasteiger partial charge in [0.25, 0.3) is 5.56 Å². The molecule has 0 atom stereocenters. The number of pyridine rings is 1. The van der Waals surface area contributed by atoms with Crippen LogP contribution in [0.25, 0.3) is 43.6 Å². The van der Waals surface area contributed by atoms with Gasteiger partial charge in [-0.3, -0.25) is 4.79 Å². The second-order valence-electron chi connectivity index (χ2n) is 6.98. The first kappa shape index (κ1) is 18.3. The third kappa shape index (κ3) is 3.09. The highest BCUT2D eigenvalue weighted by molar-refractivity contribution is 7.17. The van der Waals surface area contributed by atoms with Crippen LogP contribution in [0, 0.1) is 5.82 Å². The molecule has 3 nitrogen and oxygen atoms in total. The molecule has 146 valence electrons. The van der Waals surface area contributed by atoms with Crippen molar-refractivity contribution in [3.05, 3.63) is 100 Å². The molecule has 5 aromatic rings. The van der Waals surface area contributed by atoms with Crippen LogP contribution in [0.15, 0.2) is 89.0 Å².